The van der Waals surface area contributed by atoms with Gasteiger partial charge in [-0.25, -0.2) is 9.37 Å². The van der Waals surface area contributed by atoms with Crippen LogP contribution in [0.15, 0.2) is 42.5 Å². The molecule has 3 N–H and O–H groups in total. The van der Waals surface area contributed by atoms with Crippen LogP contribution < -0.4 is 11.1 Å². The fourth-order valence-electron chi connectivity index (χ4n) is 3.74. The van der Waals surface area contributed by atoms with E-state index in [2.05, 4.69) is 10.3 Å². The van der Waals surface area contributed by atoms with Crippen molar-refractivity contribution in [1.29, 1.82) is 0 Å². The molecule has 1 aliphatic rings. The van der Waals surface area contributed by atoms with E-state index >= 15 is 0 Å². The molecule has 30 heavy (non-hydrogen) atoms. The Morgan fingerprint density at radius 3 is 2.53 bits per heavy atom. The van der Waals surface area contributed by atoms with Gasteiger partial charge in [0.15, 0.2) is 0 Å². The lowest BCUT2D eigenvalue weighted by Crippen LogP contribution is -2.31. The predicted octanol–water partition coefficient (Wildman–Crippen LogP) is 3.62. The van der Waals surface area contributed by atoms with Crippen molar-refractivity contribution in [2.45, 2.75) is 13.0 Å². The van der Waals surface area contributed by atoms with E-state index in [9.17, 15) is 13.6 Å². The van der Waals surface area contributed by atoms with Crippen LogP contribution in [0.2, 0.25) is 0 Å². The summed E-state index contributed by atoms with van der Waals surface area (Å²) in [7, 11) is 3.68. The number of hydrogen-bond acceptors (Lipinski definition) is 4. The Morgan fingerprint density at radius 1 is 1.03 bits per heavy atom. The first-order valence-electron chi connectivity index (χ1n) is 9.64. The van der Waals surface area contributed by atoms with Gasteiger partial charge in [0.1, 0.15) is 11.6 Å². The lowest BCUT2D eigenvalue weighted by Gasteiger charge is -2.18. The molecule has 2 heterocycles. The molecule has 7 heteroatoms. The second-order valence-electron chi connectivity index (χ2n) is 7.68. The highest BCUT2D eigenvalue weighted by Crippen LogP contribution is 2.33. The third kappa shape index (κ3) is 3.76. The standard InChI is InChI=1S/C23H22F2N4O/c1-29(2)12-16-10-13(4-6-20(16)24)18-11-19(22(26)28-21(18)25)14-3-5-17-15(9-14)7-8-27-23(17)30/h3-6,9-11H,7-8,12H2,1-2H3,(H2,26,28)(H,27,30). The van der Waals surface area contributed by atoms with Crippen molar-refractivity contribution in [3.8, 4) is 22.3 Å². The van der Waals surface area contributed by atoms with Gasteiger partial charge in [-0.05, 0) is 61.5 Å². The van der Waals surface area contributed by atoms with Crippen LogP contribution in [0.5, 0.6) is 0 Å². The topological polar surface area (TPSA) is 71.2 Å². The van der Waals surface area contributed by atoms with Crippen LogP contribution in [0.3, 0.4) is 0 Å². The molecule has 2 aromatic carbocycles. The zero-order chi connectivity index (χ0) is 21.4. The number of benzene rings is 2. The zero-order valence-corrected chi connectivity index (χ0v) is 16.8. The number of fused-ring (bicyclic) bond motifs is 1. The Labute approximate surface area is 173 Å². The molecule has 0 aliphatic carbocycles. The van der Waals surface area contributed by atoms with Crippen LogP contribution in [0, 0.1) is 11.8 Å². The van der Waals surface area contributed by atoms with Gasteiger partial charge >= 0.3 is 0 Å². The van der Waals surface area contributed by atoms with E-state index in [0.29, 0.717) is 41.8 Å². The molecule has 0 bridgehead atoms. The van der Waals surface area contributed by atoms with Crippen LogP contribution in [-0.2, 0) is 13.0 Å². The van der Waals surface area contributed by atoms with E-state index in [4.69, 9.17) is 5.73 Å². The largest absolute Gasteiger partial charge is 0.383 e. The van der Waals surface area contributed by atoms with Crippen molar-refractivity contribution in [3.63, 3.8) is 0 Å². The fourth-order valence-corrected chi connectivity index (χ4v) is 3.74. The number of rotatable bonds is 4. The summed E-state index contributed by atoms with van der Waals surface area (Å²) in [6.07, 6.45) is 0.710. The average molecular weight is 408 g/mol. The van der Waals surface area contributed by atoms with E-state index in [0.717, 1.165) is 11.1 Å². The summed E-state index contributed by atoms with van der Waals surface area (Å²) in [5, 5.41) is 2.81. The van der Waals surface area contributed by atoms with Crippen LogP contribution in [-0.4, -0.2) is 36.4 Å². The molecule has 3 aromatic rings. The lowest BCUT2D eigenvalue weighted by atomic mass is 9.93. The van der Waals surface area contributed by atoms with Crippen molar-refractivity contribution < 1.29 is 13.6 Å². The number of hydrogen-bond donors (Lipinski definition) is 2. The van der Waals surface area contributed by atoms with E-state index in [1.165, 1.54) is 12.1 Å². The summed E-state index contributed by atoms with van der Waals surface area (Å²) in [5.74, 6) is -1.10. The maximum atomic E-state index is 14.7. The lowest BCUT2D eigenvalue weighted by molar-refractivity contribution is 0.0946. The Hall–Kier alpha value is -3.32. The number of amides is 1. The second kappa shape index (κ2) is 7.84. The number of nitrogens with one attached hydrogen (secondary N) is 1. The minimum Gasteiger partial charge on any atom is -0.383 e. The molecule has 1 aliphatic heterocycles. The van der Waals surface area contributed by atoms with Crippen molar-refractivity contribution in [2.75, 3.05) is 26.4 Å². The minimum atomic E-state index is -0.712. The average Bonchev–Trinajstić information content (AvgIpc) is 2.69. The van der Waals surface area contributed by atoms with Gasteiger partial charge in [-0.2, -0.15) is 4.39 Å². The van der Waals surface area contributed by atoms with Gasteiger partial charge in [0.25, 0.3) is 5.91 Å². The summed E-state index contributed by atoms with van der Waals surface area (Å²) in [5.41, 5.74) is 10.1. The van der Waals surface area contributed by atoms with Gasteiger partial charge in [-0.1, -0.05) is 18.2 Å². The van der Waals surface area contributed by atoms with Gasteiger partial charge in [0, 0.05) is 35.3 Å². The molecule has 0 saturated heterocycles. The Bertz CT molecular complexity index is 1140. The van der Waals surface area contributed by atoms with Crippen molar-refractivity contribution >= 4 is 11.7 Å². The smallest absolute Gasteiger partial charge is 0.251 e. The van der Waals surface area contributed by atoms with Crippen molar-refractivity contribution in [1.82, 2.24) is 15.2 Å². The molecule has 4 rings (SSSR count). The van der Waals surface area contributed by atoms with Gasteiger partial charge < -0.3 is 16.0 Å². The molecule has 0 radical (unpaired) electrons. The highest BCUT2D eigenvalue weighted by Gasteiger charge is 2.19. The fraction of sp³-hybridized carbons (Fsp3) is 0.217. The SMILES string of the molecule is CN(C)Cc1cc(-c2cc(-c3ccc4c(c3)CCNC4=O)c(N)nc2F)ccc1F. The number of nitrogen functional groups attached to an aromatic ring is 1. The van der Waals surface area contributed by atoms with Crippen LogP contribution in [0.1, 0.15) is 21.5 Å². The predicted molar refractivity (Wildman–Crippen MR) is 113 cm³/mol. The number of carbonyl (C=O) groups excluding carboxylic acids is 1. The molecule has 154 valence electrons. The monoisotopic (exact) mass is 408 g/mol. The molecule has 0 saturated carbocycles. The number of pyridine rings is 1. The number of halogens is 2. The summed E-state index contributed by atoms with van der Waals surface area (Å²) in [4.78, 5) is 17.7. The van der Waals surface area contributed by atoms with E-state index in [1.54, 1.807) is 24.3 Å². The highest BCUT2D eigenvalue weighted by molar-refractivity contribution is 5.97. The van der Waals surface area contributed by atoms with Gasteiger partial charge in [-0.3, -0.25) is 4.79 Å². The Kier molecular flexibility index (Phi) is 5.22. The molecule has 1 aromatic heterocycles. The minimum absolute atomic E-state index is 0.0621. The third-order valence-electron chi connectivity index (χ3n) is 5.19. The normalized spacial score (nSPS) is 13.3. The quantitative estimate of drug-likeness (QED) is 0.647. The van der Waals surface area contributed by atoms with Crippen LogP contribution >= 0.6 is 0 Å². The van der Waals surface area contributed by atoms with Crippen LogP contribution in [0.25, 0.3) is 22.3 Å². The number of anilines is 1. The maximum absolute atomic E-state index is 14.7. The number of nitrogens with zero attached hydrogens (tertiary/aromatic N) is 2. The Morgan fingerprint density at radius 2 is 1.77 bits per heavy atom. The molecule has 0 atom stereocenters. The highest BCUT2D eigenvalue weighted by atomic mass is 19.1. The molecule has 0 unspecified atom stereocenters. The van der Waals surface area contributed by atoms with Gasteiger partial charge in [-0.15, -0.1) is 0 Å². The third-order valence-corrected chi connectivity index (χ3v) is 5.19. The van der Waals surface area contributed by atoms with E-state index in [1.807, 2.05) is 25.1 Å². The van der Waals surface area contributed by atoms with Gasteiger partial charge in [0.05, 0.1) is 0 Å². The molecule has 5 nitrogen and oxygen atoms in total. The van der Waals surface area contributed by atoms with E-state index < -0.39 is 5.95 Å². The van der Waals surface area contributed by atoms with Crippen molar-refractivity contribution in [2.24, 2.45) is 0 Å². The van der Waals surface area contributed by atoms with Gasteiger partial charge in [0.2, 0.25) is 5.95 Å². The summed E-state index contributed by atoms with van der Waals surface area (Å²) in [6.45, 7) is 0.964. The summed E-state index contributed by atoms with van der Waals surface area (Å²) >= 11 is 0. The number of nitrogens with two attached hydrogens (primary N) is 1. The first kappa shape index (κ1) is 20.0. The number of aromatic nitrogens is 1. The second-order valence-corrected chi connectivity index (χ2v) is 7.68. The molecule has 0 fully saturated rings. The first-order chi connectivity index (χ1) is 14.3. The summed E-state index contributed by atoms with van der Waals surface area (Å²) < 4.78 is 28.9. The summed E-state index contributed by atoms with van der Waals surface area (Å²) in [6, 6.07) is 11.6. The molecule has 0 spiro atoms. The van der Waals surface area contributed by atoms with Crippen LogP contribution in [0.4, 0.5) is 14.6 Å². The Balaban J connectivity index is 1.80. The van der Waals surface area contributed by atoms with Crippen molar-refractivity contribution in [3.05, 3.63) is 70.9 Å². The van der Waals surface area contributed by atoms with E-state index in [-0.39, 0.29) is 23.1 Å². The molecule has 1 amide bonds. The molecular weight excluding hydrogens is 386 g/mol. The zero-order valence-electron chi connectivity index (χ0n) is 16.8. The molecular formula is C23H22F2N4O. The number of carbonyl (C=O) groups is 1. The first-order valence-corrected chi connectivity index (χ1v) is 9.64. The maximum Gasteiger partial charge on any atom is 0.251 e.